The van der Waals surface area contributed by atoms with E-state index in [0.717, 1.165) is 34.3 Å². The third-order valence-corrected chi connectivity index (χ3v) is 15.7. The Bertz CT molecular complexity index is 3330. The van der Waals surface area contributed by atoms with Crippen molar-refractivity contribution in [3.05, 3.63) is 132 Å². The van der Waals surface area contributed by atoms with Gasteiger partial charge in [-0.05, 0) is 121 Å². The van der Waals surface area contributed by atoms with Crippen LogP contribution in [0, 0.1) is 0 Å². The van der Waals surface area contributed by atoms with Crippen LogP contribution in [0.4, 0.5) is 11.4 Å². The largest absolute Gasteiger partial charge is 0.482 e. The van der Waals surface area contributed by atoms with E-state index in [1.807, 2.05) is 48.3 Å². The average Bonchev–Trinajstić information content (AvgIpc) is 3.69. The first-order chi connectivity index (χ1) is 33.1. The minimum Gasteiger partial charge on any atom is -0.482 e. The van der Waals surface area contributed by atoms with Gasteiger partial charge in [0.05, 0.1) is 16.1 Å². The van der Waals surface area contributed by atoms with Crippen LogP contribution in [0.15, 0.2) is 125 Å². The molecule has 70 heavy (non-hydrogen) atoms. The van der Waals surface area contributed by atoms with Crippen molar-refractivity contribution in [1.82, 2.24) is 0 Å². The number of anilines is 1. The number of carbonyl (C=O) groups is 1. The Morgan fingerprint density at radius 1 is 0.786 bits per heavy atom. The van der Waals surface area contributed by atoms with Crippen LogP contribution in [-0.4, -0.2) is 113 Å². The van der Waals surface area contributed by atoms with Gasteiger partial charge in [-0.15, -0.1) is 0 Å². The quantitative estimate of drug-likeness (QED) is 0.0307. The zero-order valence-electron chi connectivity index (χ0n) is 39.5. The Morgan fingerprint density at radius 3 is 2.10 bits per heavy atom. The summed E-state index contributed by atoms with van der Waals surface area (Å²) in [7, 11) is -10.3. The molecule has 4 N–H and O–H groups in total. The first kappa shape index (κ1) is 52.1. The van der Waals surface area contributed by atoms with Crippen LogP contribution in [0.25, 0.3) is 27.1 Å². The van der Waals surface area contributed by atoms with Crippen molar-refractivity contribution < 1.29 is 67.6 Å². The smallest absolute Gasteiger partial charge is 0.341 e. The van der Waals surface area contributed by atoms with E-state index in [0.29, 0.717) is 70.4 Å². The van der Waals surface area contributed by atoms with E-state index >= 15 is 0 Å². The van der Waals surface area contributed by atoms with Gasteiger partial charge in [0, 0.05) is 80.3 Å². The zero-order valence-corrected chi connectivity index (χ0v) is 41.9. The van der Waals surface area contributed by atoms with Crippen LogP contribution >= 0.6 is 0 Å². The van der Waals surface area contributed by atoms with Crippen LogP contribution in [0.2, 0.25) is 0 Å². The number of rotatable bonds is 21. The van der Waals surface area contributed by atoms with E-state index in [4.69, 9.17) is 14.2 Å². The number of methoxy groups -OCH3 is 2. The molecule has 2 atom stereocenters. The van der Waals surface area contributed by atoms with Gasteiger partial charge in [0.15, 0.2) is 12.3 Å². The van der Waals surface area contributed by atoms with Gasteiger partial charge in [0.1, 0.15) is 17.2 Å². The summed E-state index contributed by atoms with van der Waals surface area (Å²) in [6.07, 6.45) is 9.45. The number of benzene rings is 5. The Morgan fingerprint density at radius 2 is 1.47 bits per heavy atom. The highest BCUT2D eigenvalue weighted by Gasteiger charge is 2.49. The minimum atomic E-state index is -4.64. The molecule has 0 fully saturated rings. The van der Waals surface area contributed by atoms with Crippen molar-refractivity contribution in [2.75, 3.05) is 57.8 Å². The summed E-state index contributed by atoms with van der Waals surface area (Å²) in [5.41, 5.74) is 4.42. The van der Waals surface area contributed by atoms with E-state index in [-0.39, 0.29) is 29.4 Å². The number of ether oxygens (including phenoxy) is 3. The van der Waals surface area contributed by atoms with Crippen LogP contribution < -0.4 is 9.64 Å². The topological polar surface area (TPSA) is 234 Å². The number of hydrogen-bond acceptors (Lipinski definition) is 11. The SMILES string of the molecule is CCC[N+]1=C(/C=C/C(=C/C=C2/N(CCCS(=O)(=O)O)c3ccc4c(S(=O)(=O)O)cccc4c3C2(C)CCOC)c2ccc(OCC(=O)O)cc2)C(C)(CCOC)c2c1ccc1ccc(S(=O)(=O)O)cc21. The molecule has 372 valence electrons. The van der Waals surface area contributed by atoms with Gasteiger partial charge in [-0.2, -0.15) is 29.8 Å². The molecule has 7 rings (SSSR count). The van der Waals surface area contributed by atoms with Crippen molar-refractivity contribution in [2.24, 2.45) is 0 Å². The number of nitrogens with zero attached hydrogens (tertiary/aromatic N) is 2. The van der Waals surface area contributed by atoms with Crippen LogP contribution in [0.5, 0.6) is 5.75 Å². The lowest BCUT2D eigenvalue weighted by Gasteiger charge is -2.30. The molecule has 0 aromatic heterocycles. The van der Waals surface area contributed by atoms with E-state index in [1.54, 1.807) is 68.8 Å². The van der Waals surface area contributed by atoms with E-state index in [9.17, 15) is 48.8 Å². The maximum Gasteiger partial charge on any atom is 0.341 e. The van der Waals surface area contributed by atoms with Gasteiger partial charge in [-0.25, -0.2) is 4.79 Å². The number of allylic oxidation sites excluding steroid dienone is 6. The lowest BCUT2D eigenvalue weighted by molar-refractivity contribution is -0.437. The fourth-order valence-corrected chi connectivity index (χ4v) is 11.7. The molecule has 0 radical (unpaired) electrons. The van der Waals surface area contributed by atoms with Gasteiger partial charge in [-0.1, -0.05) is 49.4 Å². The summed E-state index contributed by atoms with van der Waals surface area (Å²) in [5, 5.41) is 11.6. The van der Waals surface area contributed by atoms with Gasteiger partial charge in [0.25, 0.3) is 30.4 Å². The van der Waals surface area contributed by atoms with Gasteiger partial charge >= 0.3 is 5.97 Å². The second-order valence-electron chi connectivity index (χ2n) is 17.8. The molecule has 16 nitrogen and oxygen atoms in total. The molecule has 0 spiro atoms. The predicted octanol–water partition coefficient (Wildman–Crippen LogP) is 8.37. The standard InChI is InChI=1S/C51H56N2O14S3/c1-6-27-52-42-21-14-36-13-19-38(69(59,60)61)32-41(36)49(42)51(3,26-30-66-5)45(52)23-15-35(34-11-17-37(18-12-34)67-33-47(54)55)16-24-46-50(2,25-29-65-4)48-40-9-7-10-44(70(62,63)64)39(40)20-22-43(48)53(46)28-8-31-68(56,57)58/h7,9-24,32H,6,8,25-31,33H2,1-5H3,(H3-,54,55,56,57,58,59,60,61,62,63,64)/p+1. The molecular weight excluding hydrogens is 961 g/mol. The molecule has 19 heteroatoms. The summed E-state index contributed by atoms with van der Waals surface area (Å²) >= 11 is 0. The van der Waals surface area contributed by atoms with Crippen LogP contribution in [0.3, 0.4) is 0 Å². The van der Waals surface area contributed by atoms with Crippen LogP contribution in [0.1, 0.15) is 63.1 Å². The van der Waals surface area contributed by atoms with E-state index in [1.165, 1.54) is 18.2 Å². The second kappa shape index (κ2) is 20.5. The molecule has 0 bridgehead atoms. The lowest BCUT2D eigenvalue weighted by atomic mass is 9.74. The molecule has 5 aromatic carbocycles. The third-order valence-electron chi connectivity index (χ3n) is 13.2. The highest BCUT2D eigenvalue weighted by atomic mass is 32.2. The third kappa shape index (κ3) is 10.6. The maximum absolute atomic E-state index is 12.7. The second-order valence-corrected chi connectivity index (χ2v) is 22.2. The number of carboxylic acid groups (broad SMARTS) is 1. The minimum absolute atomic E-state index is 0.0277. The highest BCUT2D eigenvalue weighted by Crippen LogP contribution is 2.54. The molecule has 0 aliphatic carbocycles. The molecular formula is C51H57N2O14S3+. The lowest BCUT2D eigenvalue weighted by Crippen LogP contribution is -2.33. The molecule has 2 unspecified atom stereocenters. The first-order valence-electron chi connectivity index (χ1n) is 22.5. The summed E-state index contributed by atoms with van der Waals surface area (Å²) in [4.78, 5) is 12.8. The van der Waals surface area contributed by atoms with Gasteiger partial charge in [-0.3, -0.25) is 13.7 Å². The van der Waals surface area contributed by atoms with E-state index in [2.05, 4.69) is 18.4 Å². The zero-order chi connectivity index (χ0) is 50.8. The van der Waals surface area contributed by atoms with Gasteiger partial charge < -0.3 is 24.2 Å². The molecule has 0 saturated heterocycles. The van der Waals surface area contributed by atoms with E-state index < -0.39 is 59.5 Å². The predicted molar refractivity (Wildman–Crippen MR) is 268 cm³/mol. The average molecular weight is 1020 g/mol. The number of hydrogen-bond donors (Lipinski definition) is 4. The Labute approximate surface area is 408 Å². The molecule has 0 saturated carbocycles. The maximum atomic E-state index is 12.7. The fourth-order valence-electron chi connectivity index (χ4n) is 9.96. The van der Waals surface area contributed by atoms with Gasteiger partial charge in [0.2, 0.25) is 5.69 Å². The molecule has 5 aromatic rings. The van der Waals surface area contributed by atoms with Crippen molar-refractivity contribution in [2.45, 2.75) is 67.1 Å². The van der Waals surface area contributed by atoms with Crippen LogP contribution in [-0.2, 0) is 55.5 Å². The monoisotopic (exact) mass is 1020 g/mol. The number of aliphatic carboxylic acids is 1. The summed E-state index contributed by atoms with van der Waals surface area (Å²) in [6, 6.07) is 23.4. The molecule has 2 heterocycles. The summed E-state index contributed by atoms with van der Waals surface area (Å²) < 4.78 is 124. The molecule has 0 amide bonds. The first-order valence-corrected chi connectivity index (χ1v) is 27.0. The fraction of sp³-hybridized carbons (Fsp3) is 0.333. The number of fused-ring (bicyclic) bond motifs is 6. The highest BCUT2D eigenvalue weighted by molar-refractivity contribution is 7.86. The normalized spacial score (nSPS) is 19.2. The van der Waals surface area contributed by atoms with Crippen molar-refractivity contribution in [1.29, 1.82) is 0 Å². The van der Waals surface area contributed by atoms with Crippen molar-refractivity contribution in [3.8, 4) is 5.75 Å². The summed E-state index contributed by atoms with van der Waals surface area (Å²) in [5.74, 6) is -1.34. The molecule has 2 aliphatic rings. The Balaban J connectivity index is 1.47. The van der Waals surface area contributed by atoms with Crippen molar-refractivity contribution in [3.63, 3.8) is 0 Å². The van der Waals surface area contributed by atoms with Crippen molar-refractivity contribution >= 4 is 80.5 Å². The Kier molecular flexibility index (Phi) is 15.3. The summed E-state index contributed by atoms with van der Waals surface area (Å²) in [6.45, 7) is 6.93. The molecule has 2 aliphatic heterocycles. The Hall–Kier alpha value is -5.77. The number of carboxylic acids is 1.